The Balaban J connectivity index is 1.95. The fourth-order valence-electron chi connectivity index (χ4n) is 2.77. The summed E-state index contributed by atoms with van der Waals surface area (Å²) in [7, 11) is 0. The second-order valence-corrected chi connectivity index (χ2v) is 5.16. The largest absolute Gasteiger partial charge is 0.351 e. The van der Waals surface area contributed by atoms with Gasteiger partial charge >= 0.3 is 0 Å². The summed E-state index contributed by atoms with van der Waals surface area (Å²) in [5, 5.41) is 2.97. The maximum atomic E-state index is 11.8. The van der Waals surface area contributed by atoms with Crippen LogP contribution in [0.3, 0.4) is 0 Å². The number of carbonyl (C=O) groups is 3. The molecule has 0 unspecified atom stereocenters. The molecule has 0 spiro atoms. The van der Waals surface area contributed by atoms with Crippen molar-refractivity contribution in [3.05, 3.63) is 12.2 Å². The minimum absolute atomic E-state index is 0.0193. The number of hydrogen-bond donors (Lipinski definition) is 1. The molecule has 0 aromatic carbocycles. The molecule has 5 heteroatoms. The van der Waals surface area contributed by atoms with Gasteiger partial charge in [-0.05, 0) is 25.7 Å². The molecule has 19 heavy (non-hydrogen) atoms. The van der Waals surface area contributed by atoms with Gasteiger partial charge in [0.2, 0.25) is 5.91 Å². The topological polar surface area (TPSA) is 66.5 Å². The van der Waals surface area contributed by atoms with E-state index in [0.717, 1.165) is 32.1 Å². The molecule has 0 aromatic heterocycles. The van der Waals surface area contributed by atoms with Gasteiger partial charge in [0.05, 0.1) is 6.04 Å². The second kappa shape index (κ2) is 5.99. The molecule has 0 aromatic rings. The third-order valence-corrected chi connectivity index (χ3v) is 3.76. The van der Waals surface area contributed by atoms with Crippen LogP contribution >= 0.6 is 0 Å². The smallest absolute Gasteiger partial charge is 0.253 e. The third kappa shape index (κ3) is 3.03. The van der Waals surface area contributed by atoms with Gasteiger partial charge < -0.3 is 5.32 Å². The van der Waals surface area contributed by atoms with Gasteiger partial charge in [0.25, 0.3) is 11.8 Å². The van der Waals surface area contributed by atoms with E-state index in [1.165, 1.54) is 17.1 Å². The highest BCUT2D eigenvalue weighted by Gasteiger charge is 2.39. The normalized spacial score (nSPS) is 26.3. The summed E-state index contributed by atoms with van der Waals surface area (Å²) < 4.78 is 0. The average molecular weight is 264 g/mol. The Bertz CT molecular complexity index is 399. The first-order valence-corrected chi connectivity index (χ1v) is 6.98. The number of imide groups is 1. The zero-order chi connectivity index (χ0) is 13.8. The summed E-state index contributed by atoms with van der Waals surface area (Å²) in [6.07, 6.45) is 7.51. The predicted octanol–water partition coefficient (Wildman–Crippen LogP) is 1.14. The van der Waals surface area contributed by atoms with E-state index in [2.05, 4.69) is 5.32 Å². The van der Waals surface area contributed by atoms with Crippen molar-refractivity contribution in [1.82, 2.24) is 10.2 Å². The van der Waals surface area contributed by atoms with Crippen LogP contribution in [0.5, 0.6) is 0 Å². The predicted molar refractivity (Wildman–Crippen MR) is 70.1 cm³/mol. The maximum Gasteiger partial charge on any atom is 0.253 e. The molecule has 1 N–H and O–H groups in total. The van der Waals surface area contributed by atoms with Crippen molar-refractivity contribution in [1.29, 1.82) is 0 Å². The van der Waals surface area contributed by atoms with E-state index in [-0.39, 0.29) is 29.8 Å². The van der Waals surface area contributed by atoms with Crippen molar-refractivity contribution >= 4 is 17.7 Å². The van der Waals surface area contributed by atoms with Gasteiger partial charge in [-0.15, -0.1) is 0 Å². The lowest BCUT2D eigenvalue weighted by Gasteiger charge is -2.28. The first-order chi connectivity index (χ1) is 9.13. The minimum Gasteiger partial charge on any atom is -0.351 e. The highest BCUT2D eigenvalue weighted by atomic mass is 16.2. The van der Waals surface area contributed by atoms with Crippen molar-refractivity contribution in [2.24, 2.45) is 0 Å². The average Bonchev–Trinajstić information content (AvgIpc) is 2.94. The summed E-state index contributed by atoms with van der Waals surface area (Å²) in [4.78, 5) is 36.4. The highest BCUT2D eigenvalue weighted by Crippen LogP contribution is 2.26. The molecule has 1 heterocycles. The molecule has 1 aliphatic heterocycles. The highest BCUT2D eigenvalue weighted by molar-refractivity contribution is 6.13. The van der Waals surface area contributed by atoms with Gasteiger partial charge in [-0.3, -0.25) is 19.3 Å². The molecule has 2 atom stereocenters. The molecular formula is C14H20N2O3. The molecule has 3 amide bonds. The number of unbranched alkanes of at least 4 members (excludes halogenated alkanes) is 1. The SMILES string of the molecule is CCCCC(=O)N[C@H]1CCC[C@@H]1N1C(=O)C=CC1=O. The van der Waals surface area contributed by atoms with Crippen molar-refractivity contribution in [2.75, 3.05) is 0 Å². The van der Waals surface area contributed by atoms with Crippen LogP contribution in [0.1, 0.15) is 45.4 Å². The fourth-order valence-corrected chi connectivity index (χ4v) is 2.77. The van der Waals surface area contributed by atoms with E-state index < -0.39 is 0 Å². The first-order valence-electron chi connectivity index (χ1n) is 6.98. The number of nitrogens with one attached hydrogen (secondary N) is 1. The zero-order valence-electron chi connectivity index (χ0n) is 11.2. The Hall–Kier alpha value is -1.65. The van der Waals surface area contributed by atoms with Gasteiger partial charge in [0, 0.05) is 24.6 Å². The number of nitrogens with zero attached hydrogens (tertiary/aromatic N) is 1. The Kier molecular flexibility index (Phi) is 4.35. The molecule has 5 nitrogen and oxygen atoms in total. The molecule has 0 saturated heterocycles. The van der Waals surface area contributed by atoms with Gasteiger partial charge in [-0.25, -0.2) is 0 Å². The van der Waals surface area contributed by atoms with Crippen LogP contribution in [0.25, 0.3) is 0 Å². The molecule has 0 bridgehead atoms. The molecule has 104 valence electrons. The van der Waals surface area contributed by atoms with E-state index >= 15 is 0 Å². The van der Waals surface area contributed by atoms with Crippen LogP contribution in [0.2, 0.25) is 0 Å². The molecular weight excluding hydrogens is 244 g/mol. The number of amides is 3. The van der Waals surface area contributed by atoms with Crippen molar-refractivity contribution in [3.8, 4) is 0 Å². The van der Waals surface area contributed by atoms with Crippen LogP contribution in [0.4, 0.5) is 0 Å². The monoisotopic (exact) mass is 264 g/mol. The Morgan fingerprint density at radius 2 is 2.00 bits per heavy atom. The van der Waals surface area contributed by atoms with Crippen molar-refractivity contribution < 1.29 is 14.4 Å². The summed E-state index contributed by atoms with van der Waals surface area (Å²) in [6.45, 7) is 2.04. The lowest BCUT2D eigenvalue weighted by Crippen LogP contribution is -2.50. The zero-order valence-corrected chi connectivity index (χ0v) is 11.2. The Labute approximate surface area is 113 Å². The fraction of sp³-hybridized carbons (Fsp3) is 0.643. The Morgan fingerprint density at radius 3 is 2.63 bits per heavy atom. The van der Waals surface area contributed by atoms with Crippen LogP contribution in [0, 0.1) is 0 Å². The number of hydrogen-bond acceptors (Lipinski definition) is 3. The van der Waals surface area contributed by atoms with Gasteiger partial charge in [-0.1, -0.05) is 13.3 Å². The Morgan fingerprint density at radius 1 is 1.32 bits per heavy atom. The quantitative estimate of drug-likeness (QED) is 0.757. The van der Waals surface area contributed by atoms with E-state index in [1.807, 2.05) is 6.92 Å². The molecule has 0 radical (unpaired) electrons. The minimum atomic E-state index is -0.260. The first kappa shape index (κ1) is 13.8. The molecule has 1 aliphatic carbocycles. The van der Waals surface area contributed by atoms with E-state index in [4.69, 9.17) is 0 Å². The van der Waals surface area contributed by atoms with Crippen LogP contribution in [0.15, 0.2) is 12.2 Å². The molecule has 1 fully saturated rings. The van der Waals surface area contributed by atoms with E-state index in [1.54, 1.807) is 0 Å². The van der Waals surface area contributed by atoms with Crippen molar-refractivity contribution in [3.63, 3.8) is 0 Å². The van der Waals surface area contributed by atoms with Crippen LogP contribution < -0.4 is 5.32 Å². The van der Waals surface area contributed by atoms with E-state index in [9.17, 15) is 14.4 Å². The van der Waals surface area contributed by atoms with E-state index in [0.29, 0.717) is 6.42 Å². The molecule has 2 aliphatic rings. The lowest BCUT2D eigenvalue weighted by molar-refractivity contribution is -0.140. The summed E-state index contributed by atoms with van der Waals surface area (Å²) in [5.41, 5.74) is 0. The van der Waals surface area contributed by atoms with Crippen LogP contribution in [-0.4, -0.2) is 34.7 Å². The molecule has 2 rings (SSSR count). The lowest BCUT2D eigenvalue weighted by atomic mass is 10.1. The number of rotatable bonds is 5. The second-order valence-electron chi connectivity index (χ2n) is 5.16. The summed E-state index contributed by atoms with van der Waals surface area (Å²) in [5.74, 6) is -0.500. The summed E-state index contributed by atoms with van der Waals surface area (Å²) in [6, 6.07) is -0.266. The van der Waals surface area contributed by atoms with Gasteiger partial charge in [0.1, 0.15) is 0 Å². The van der Waals surface area contributed by atoms with Gasteiger partial charge in [-0.2, -0.15) is 0 Å². The maximum absolute atomic E-state index is 11.8. The van der Waals surface area contributed by atoms with Crippen LogP contribution in [-0.2, 0) is 14.4 Å². The van der Waals surface area contributed by atoms with Gasteiger partial charge in [0.15, 0.2) is 0 Å². The summed E-state index contributed by atoms with van der Waals surface area (Å²) >= 11 is 0. The number of carbonyl (C=O) groups excluding carboxylic acids is 3. The third-order valence-electron chi connectivity index (χ3n) is 3.76. The van der Waals surface area contributed by atoms with Crippen molar-refractivity contribution in [2.45, 2.75) is 57.5 Å². The molecule has 1 saturated carbocycles. The standard InChI is InChI=1S/C14H20N2O3/c1-2-3-7-12(17)15-10-5-4-6-11(10)16-13(18)8-9-14(16)19/h8-11H,2-7H2,1H3,(H,15,17)/t10-,11-/m0/s1.